The summed E-state index contributed by atoms with van der Waals surface area (Å²) in [6.45, 7) is 0.372. The number of carbonyl (C=O) groups excluding carboxylic acids is 1. The first-order valence-corrected chi connectivity index (χ1v) is 13.6. The molecule has 9 nitrogen and oxygen atoms in total. The van der Waals surface area contributed by atoms with Crippen LogP contribution in [0.5, 0.6) is 5.75 Å². The van der Waals surface area contributed by atoms with E-state index >= 15 is 0 Å². The van der Waals surface area contributed by atoms with Crippen LogP contribution in [-0.2, 0) is 21.0 Å². The highest BCUT2D eigenvalue weighted by Gasteiger charge is 2.55. The number of nitrogens with one attached hydrogen (secondary N) is 2. The van der Waals surface area contributed by atoms with Crippen LogP contribution in [0.2, 0.25) is 0 Å². The molecule has 2 aromatic rings. The zero-order chi connectivity index (χ0) is 27.6. The van der Waals surface area contributed by atoms with Gasteiger partial charge in [-0.05, 0) is 49.9 Å². The average Bonchev–Trinajstić information content (AvgIpc) is 2.92. The lowest BCUT2D eigenvalue weighted by Gasteiger charge is -2.43. The molecule has 3 N–H and O–H groups in total. The maximum absolute atomic E-state index is 13.7. The number of rotatable bonds is 6. The third kappa shape index (κ3) is 6.32. The molecule has 0 saturated carbocycles. The van der Waals surface area contributed by atoms with Gasteiger partial charge in [0.25, 0.3) is 5.91 Å². The minimum Gasteiger partial charge on any atom is -0.490 e. The monoisotopic (exact) mass is 590 g/mol. The molecule has 2 aromatic carbocycles. The molecule has 4 rings (SSSR count). The van der Waals surface area contributed by atoms with Crippen molar-refractivity contribution >= 4 is 34.2 Å². The molecule has 0 bridgehead atoms. The molecule has 39 heavy (non-hydrogen) atoms. The van der Waals surface area contributed by atoms with Gasteiger partial charge in [0.1, 0.15) is 17.7 Å². The topological polar surface area (TPSA) is 123 Å². The molecule has 2 fully saturated rings. The summed E-state index contributed by atoms with van der Waals surface area (Å²) in [7, 11) is -4.21. The van der Waals surface area contributed by atoms with Gasteiger partial charge in [0.15, 0.2) is 4.75 Å². The number of hydroxylamine groups is 1. The summed E-state index contributed by atoms with van der Waals surface area (Å²) in [6.07, 6.45) is -4.52. The van der Waals surface area contributed by atoms with Crippen molar-refractivity contribution in [3.05, 3.63) is 65.7 Å². The highest BCUT2D eigenvalue weighted by atomic mass is 35.5. The van der Waals surface area contributed by atoms with Crippen molar-refractivity contribution in [1.82, 2.24) is 14.7 Å². The molecule has 0 spiro atoms. The molecule has 14 heteroatoms. The van der Waals surface area contributed by atoms with Crippen molar-refractivity contribution in [3.8, 4) is 5.75 Å². The van der Waals surface area contributed by atoms with Crippen molar-refractivity contribution in [2.45, 2.75) is 42.7 Å². The van der Waals surface area contributed by atoms with Gasteiger partial charge in [-0.25, -0.2) is 18.2 Å². The Kier molecular flexibility index (Phi) is 9.52. The van der Waals surface area contributed by atoms with Gasteiger partial charge >= 0.3 is 6.18 Å². The smallest absolute Gasteiger partial charge is 0.416 e. The number of piperidine rings is 2. The molecule has 1 amide bonds. The summed E-state index contributed by atoms with van der Waals surface area (Å²) in [4.78, 5) is 14.5. The number of alkyl halides is 3. The molecule has 2 aliphatic rings. The third-order valence-electron chi connectivity index (χ3n) is 7.17. The van der Waals surface area contributed by atoms with E-state index < -0.39 is 38.5 Å². The van der Waals surface area contributed by atoms with E-state index in [9.17, 15) is 31.6 Å². The van der Waals surface area contributed by atoms with Gasteiger partial charge in [0, 0.05) is 31.7 Å². The summed E-state index contributed by atoms with van der Waals surface area (Å²) < 4.78 is 70.9. The number of likely N-dealkylation sites (tertiary alicyclic amines) is 1. The highest BCUT2D eigenvalue weighted by Crippen LogP contribution is 2.36. The zero-order valence-electron chi connectivity index (χ0n) is 20.9. The lowest BCUT2D eigenvalue weighted by Crippen LogP contribution is -2.62. The summed E-state index contributed by atoms with van der Waals surface area (Å²) in [6, 6.07) is 13.3. The predicted octanol–water partition coefficient (Wildman–Crippen LogP) is 3.67. The van der Waals surface area contributed by atoms with E-state index in [4.69, 9.17) is 10.1 Å². The number of carbonyl (C=O) groups is 1. The number of amidine groups is 1. The lowest BCUT2D eigenvalue weighted by molar-refractivity contribution is -0.137. The van der Waals surface area contributed by atoms with Gasteiger partial charge in [0.2, 0.25) is 10.0 Å². The minimum atomic E-state index is -4.45. The standard InChI is InChI=1S/C25H29F3N4O5S.ClH/c26-25(27,28)19-6-8-20(9-7-19)37-21-10-14-32(15-11-21)38(35,36)24(23(33)30-34)12-16-31(17-13-24)22(29)18-4-2-1-3-5-18;/h1-9,21,29,34H,10-17H2,(H,30,33);1H. The van der Waals surface area contributed by atoms with Crippen molar-refractivity contribution in [3.63, 3.8) is 0 Å². The molecule has 0 aliphatic carbocycles. The summed E-state index contributed by atoms with van der Waals surface area (Å²) in [5.74, 6) is -0.530. The third-order valence-corrected chi connectivity index (χ3v) is 9.80. The number of benzene rings is 2. The van der Waals surface area contributed by atoms with Gasteiger partial charge in [-0.1, -0.05) is 30.3 Å². The number of amides is 1. The Hall–Kier alpha value is -2.87. The fourth-order valence-electron chi connectivity index (χ4n) is 4.93. The largest absolute Gasteiger partial charge is 0.490 e. The molecule has 214 valence electrons. The molecular formula is C25H30ClF3N4O5S. The normalized spacial score (nSPS) is 18.6. The number of hydrogen-bond acceptors (Lipinski definition) is 6. The second-order valence-electron chi connectivity index (χ2n) is 9.38. The van der Waals surface area contributed by atoms with Gasteiger partial charge in [-0.15, -0.1) is 12.4 Å². The Morgan fingerprint density at radius 2 is 1.56 bits per heavy atom. The average molecular weight is 591 g/mol. The van der Waals surface area contributed by atoms with Crippen LogP contribution < -0.4 is 10.2 Å². The van der Waals surface area contributed by atoms with Crippen LogP contribution in [0, 0.1) is 5.41 Å². The van der Waals surface area contributed by atoms with Gasteiger partial charge in [0.05, 0.1) is 5.56 Å². The SMILES string of the molecule is Cl.N=C(c1ccccc1)N1CCC(C(=O)NO)(S(=O)(=O)N2CCC(Oc3ccc(C(F)(F)F)cc3)CC2)CC1. The van der Waals surface area contributed by atoms with Gasteiger partial charge in [-0.2, -0.15) is 13.2 Å². The molecular weight excluding hydrogens is 561 g/mol. The maximum atomic E-state index is 13.7. The van der Waals surface area contributed by atoms with Crippen LogP contribution >= 0.6 is 12.4 Å². The Balaban J connectivity index is 0.00000420. The minimum absolute atomic E-state index is 0. The number of halogens is 4. The van der Waals surface area contributed by atoms with Crippen molar-refractivity contribution in [2.75, 3.05) is 26.2 Å². The van der Waals surface area contributed by atoms with Crippen molar-refractivity contribution in [1.29, 1.82) is 5.41 Å². The van der Waals surface area contributed by atoms with Crippen LogP contribution in [0.25, 0.3) is 0 Å². The van der Waals surface area contributed by atoms with Crippen molar-refractivity contribution in [2.24, 2.45) is 0 Å². The maximum Gasteiger partial charge on any atom is 0.416 e. The first-order valence-electron chi connectivity index (χ1n) is 12.1. The predicted molar refractivity (Wildman–Crippen MR) is 140 cm³/mol. The molecule has 2 aliphatic heterocycles. The molecule has 0 radical (unpaired) electrons. The second kappa shape index (κ2) is 12.1. The van der Waals surface area contributed by atoms with E-state index in [1.807, 2.05) is 6.07 Å². The first-order chi connectivity index (χ1) is 18.0. The first kappa shape index (κ1) is 30.7. The summed E-state index contributed by atoms with van der Waals surface area (Å²) in [5, 5.41) is 17.9. The van der Waals surface area contributed by atoms with Crippen molar-refractivity contribution < 1.29 is 36.3 Å². The Bertz CT molecular complexity index is 1250. The Morgan fingerprint density at radius 3 is 2.08 bits per heavy atom. The van der Waals surface area contributed by atoms with Crippen LogP contribution in [-0.4, -0.2) is 71.6 Å². The summed E-state index contributed by atoms with van der Waals surface area (Å²) in [5.41, 5.74) is 1.41. The van der Waals surface area contributed by atoms with Gasteiger partial charge in [-0.3, -0.25) is 15.4 Å². The summed E-state index contributed by atoms with van der Waals surface area (Å²) >= 11 is 0. The van der Waals surface area contributed by atoms with Crippen LogP contribution in [0.15, 0.2) is 54.6 Å². The number of hydrogen-bond donors (Lipinski definition) is 3. The Morgan fingerprint density at radius 1 is 1.00 bits per heavy atom. The second-order valence-corrected chi connectivity index (χ2v) is 11.6. The van der Waals surface area contributed by atoms with E-state index in [0.717, 1.165) is 12.1 Å². The highest BCUT2D eigenvalue weighted by molar-refractivity contribution is 7.91. The van der Waals surface area contributed by atoms with E-state index in [1.165, 1.54) is 21.9 Å². The van der Waals surface area contributed by atoms with E-state index in [2.05, 4.69) is 0 Å². The molecule has 0 aromatic heterocycles. The lowest BCUT2D eigenvalue weighted by atomic mass is 9.94. The number of sulfonamides is 1. The fourth-order valence-corrected chi connectivity index (χ4v) is 7.09. The van der Waals surface area contributed by atoms with Crippen LogP contribution in [0.4, 0.5) is 13.2 Å². The van der Waals surface area contributed by atoms with Crippen LogP contribution in [0.1, 0.15) is 36.8 Å². The molecule has 0 atom stereocenters. The van der Waals surface area contributed by atoms with E-state index in [-0.39, 0.29) is 75.9 Å². The molecule has 2 saturated heterocycles. The quantitative estimate of drug-likeness (QED) is 0.204. The van der Waals surface area contributed by atoms with Gasteiger partial charge < -0.3 is 9.64 Å². The van der Waals surface area contributed by atoms with Crippen LogP contribution in [0.3, 0.4) is 0 Å². The Labute approximate surface area is 230 Å². The number of nitrogens with zero attached hydrogens (tertiary/aromatic N) is 2. The van der Waals surface area contributed by atoms with E-state index in [1.54, 1.807) is 29.2 Å². The molecule has 2 heterocycles. The molecule has 0 unspecified atom stereocenters. The fraction of sp³-hybridized carbons (Fsp3) is 0.440. The number of ether oxygens (including phenoxy) is 1. The van der Waals surface area contributed by atoms with E-state index in [0.29, 0.717) is 5.56 Å². The zero-order valence-corrected chi connectivity index (χ0v) is 22.5.